The van der Waals surface area contributed by atoms with Crippen LogP contribution in [0.2, 0.25) is 0 Å². The number of phenolic OH excluding ortho intramolecular Hbond substituents is 1. The number of hydrogen-bond donors (Lipinski definition) is 2. The van der Waals surface area contributed by atoms with Gasteiger partial charge in [-0.05, 0) is 109 Å². The average molecular weight is 477 g/mol. The number of carbonyl (C=O) groups is 2. The van der Waals surface area contributed by atoms with Crippen LogP contribution in [0.1, 0.15) is 49.7 Å². The van der Waals surface area contributed by atoms with Crippen molar-refractivity contribution in [1.29, 1.82) is 0 Å². The molecule has 7 nitrogen and oxygen atoms in total. The molecule has 5 fully saturated rings. The Morgan fingerprint density at radius 1 is 1.03 bits per heavy atom. The van der Waals surface area contributed by atoms with Crippen LogP contribution in [0.3, 0.4) is 0 Å². The van der Waals surface area contributed by atoms with Crippen molar-refractivity contribution in [2.24, 2.45) is 17.8 Å². The number of nitrogens with zero attached hydrogens (tertiary/aromatic N) is 1. The van der Waals surface area contributed by atoms with Gasteiger partial charge < -0.3 is 5.11 Å². The van der Waals surface area contributed by atoms with Crippen LogP contribution < -0.4 is 5.32 Å². The summed E-state index contributed by atoms with van der Waals surface area (Å²) >= 11 is 0.778. The van der Waals surface area contributed by atoms with Gasteiger partial charge >= 0.3 is 0 Å². The second-order valence-electron chi connectivity index (χ2n) is 10.3. The summed E-state index contributed by atoms with van der Waals surface area (Å²) in [5.41, 5.74) is 2.47. The van der Waals surface area contributed by atoms with Gasteiger partial charge in [0.1, 0.15) is 5.75 Å². The predicted octanol–water partition coefficient (Wildman–Crippen LogP) is 5.76. The first kappa shape index (κ1) is 21.4. The number of phenols is 1. The Hall–Kier alpha value is -3.13. The van der Waals surface area contributed by atoms with E-state index >= 15 is 0 Å². The Morgan fingerprint density at radius 2 is 1.71 bits per heavy atom. The molecule has 2 amide bonds. The van der Waals surface area contributed by atoms with Gasteiger partial charge in [0.05, 0.1) is 15.4 Å². The van der Waals surface area contributed by atoms with Gasteiger partial charge in [-0.25, -0.2) is 0 Å². The number of carbonyl (C=O) groups excluding carboxylic acids is 2. The smallest absolute Gasteiger partial charge is 0.290 e. The Bertz CT molecular complexity index is 1250. The van der Waals surface area contributed by atoms with Crippen LogP contribution in [0.4, 0.5) is 10.5 Å². The number of benzene rings is 2. The summed E-state index contributed by atoms with van der Waals surface area (Å²) < 4.78 is 0. The van der Waals surface area contributed by atoms with E-state index in [-0.39, 0.29) is 21.8 Å². The molecule has 0 unspecified atom stereocenters. The topological polar surface area (TPSA) is 110 Å². The molecule has 1 heterocycles. The van der Waals surface area contributed by atoms with E-state index in [4.69, 9.17) is 0 Å². The minimum absolute atomic E-state index is 0.0341. The maximum absolute atomic E-state index is 12.0. The molecule has 4 saturated carbocycles. The Balaban J connectivity index is 1.40. The van der Waals surface area contributed by atoms with E-state index in [2.05, 4.69) is 5.32 Å². The predicted molar refractivity (Wildman–Crippen MR) is 129 cm³/mol. The van der Waals surface area contributed by atoms with Crippen molar-refractivity contribution in [3.05, 3.63) is 62.5 Å². The molecule has 1 aliphatic heterocycles. The molecule has 8 heteroatoms. The normalized spacial score (nSPS) is 30.7. The molecule has 34 heavy (non-hydrogen) atoms. The van der Waals surface area contributed by atoms with Crippen LogP contribution in [0.5, 0.6) is 5.75 Å². The fourth-order valence-corrected chi connectivity index (χ4v) is 7.86. The number of hydrogen-bond acceptors (Lipinski definition) is 6. The number of nitrogens with one attached hydrogen (secondary N) is 1. The lowest BCUT2D eigenvalue weighted by Crippen LogP contribution is -2.48. The summed E-state index contributed by atoms with van der Waals surface area (Å²) in [6, 6.07) is 10.2. The fourth-order valence-electron chi connectivity index (χ4n) is 7.17. The van der Waals surface area contributed by atoms with Crippen LogP contribution in [-0.2, 0) is 10.2 Å². The van der Waals surface area contributed by atoms with Gasteiger partial charge in [-0.3, -0.25) is 25.0 Å². The highest BCUT2D eigenvalue weighted by Crippen LogP contribution is 2.62. The maximum atomic E-state index is 12.0. The minimum Gasteiger partial charge on any atom is -0.508 e. The average Bonchev–Trinajstić information content (AvgIpc) is 3.09. The molecule has 0 spiro atoms. The van der Waals surface area contributed by atoms with Crippen LogP contribution in [0, 0.1) is 27.9 Å². The molecule has 0 radical (unpaired) electrons. The Kier molecular flexibility index (Phi) is 4.85. The molecule has 0 atom stereocenters. The van der Waals surface area contributed by atoms with E-state index in [0.717, 1.165) is 36.6 Å². The summed E-state index contributed by atoms with van der Waals surface area (Å²) in [4.78, 5) is 35.0. The molecule has 2 N–H and O–H groups in total. The largest absolute Gasteiger partial charge is 0.508 e. The van der Waals surface area contributed by atoms with E-state index in [9.17, 15) is 24.8 Å². The van der Waals surface area contributed by atoms with E-state index in [1.807, 2.05) is 6.07 Å². The van der Waals surface area contributed by atoms with Crippen molar-refractivity contribution in [3.63, 3.8) is 0 Å². The third-order valence-corrected chi connectivity index (χ3v) is 8.89. The molecule has 2 aromatic rings. The number of aromatic hydroxyl groups is 1. The SMILES string of the molecule is O=C1NC(=O)C(=Cc2ccc(-c3ccc(O)c(C45CC6CC(CC(C6)C4)C5)c3)c([N+](=O)[O-])c2)S1. The summed E-state index contributed by atoms with van der Waals surface area (Å²) in [6.45, 7) is 0. The second-order valence-corrected chi connectivity index (χ2v) is 11.3. The zero-order valence-electron chi connectivity index (χ0n) is 18.5. The van der Waals surface area contributed by atoms with Crippen LogP contribution in [0.25, 0.3) is 17.2 Å². The van der Waals surface area contributed by atoms with Crippen molar-refractivity contribution in [1.82, 2.24) is 5.32 Å². The molecule has 4 aliphatic carbocycles. The first-order valence-electron chi connectivity index (χ1n) is 11.7. The van der Waals surface area contributed by atoms with Crippen LogP contribution in [0.15, 0.2) is 41.3 Å². The number of amides is 2. The number of nitro benzene ring substituents is 1. The monoisotopic (exact) mass is 476 g/mol. The Labute approximate surface area is 200 Å². The molecule has 0 aromatic heterocycles. The second kappa shape index (κ2) is 7.70. The van der Waals surface area contributed by atoms with Gasteiger partial charge in [0.25, 0.3) is 16.8 Å². The molecular formula is C26H24N2O5S. The molecule has 174 valence electrons. The standard InChI is InChI=1S/C26H24N2O5S/c29-22-4-2-18(10-20(22)26-11-15-5-16(12-26)7-17(6-15)13-26)19-3-1-14(8-21(19)28(32)33)9-23-24(30)27-25(31)34-23/h1-4,8-10,15-17,29H,5-7,11-13H2,(H,27,30,31). The van der Waals surface area contributed by atoms with E-state index < -0.39 is 16.1 Å². The highest BCUT2D eigenvalue weighted by molar-refractivity contribution is 8.18. The zero-order valence-corrected chi connectivity index (χ0v) is 19.3. The minimum atomic E-state index is -0.500. The number of thioether (sulfide) groups is 1. The van der Waals surface area contributed by atoms with Gasteiger partial charge in [0.15, 0.2) is 0 Å². The number of imide groups is 1. The quantitative estimate of drug-likeness (QED) is 0.330. The van der Waals surface area contributed by atoms with Crippen molar-refractivity contribution in [2.75, 3.05) is 0 Å². The van der Waals surface area contributed by atoms with Crippen molar-refractivity contribution >= 4 is 34.7 Å². The maximum Gasteiger partial charge on any atom is 0.290 e. The van der Waals surface area contributed by atoms with Gasteiger partial charge in [-0.1, -0.05) is 12.1 Å². The summed E-state index contributed by atoms with van der Waals surface area (Å²) in [5, 5.41) is 24.6. The first-order valence-corrected chi connectivity index (χ1v) is 12.5. The van der Waals surface area contributed by atoms with Gasteiger partial charge in [-0.2, -0.15) is 0 Å². The molecule has 4 bridgehead atoms. The molecule has 1 saturated heterocycles. The summed E-state index contributed by atoms with van der Waals surface area (Å²) in [7, 11) is 0. The summed E-state index contributed by atoms with van der Waals surface area (Å²) in [6.07, 6.45) is 8.63. The highest BCUT2D eigenvalue weighted by atomic mass is 32.2. The van der Waals surface area contributed by atoms with Crippen LogP contribution in [-0.4, -0.2) is 21.2 Å². The molecule has 7 rings (SSSR count). The Morgan fingerprint density at radius 3 is 2.29 bits per heavy atom. The lowest BCUT2D eigenvalue weighted by molar-refractivity contribution is -0.384. The van der Waals surface area contributed by atoms with Crippen molar-refractivity contribution < 1.29 is 19.6 Å². The summed E-state index contributed by atoms with van der Waals surface area (Å²) in [5.74, 6) is 1.93. The van der Waals surface area contributed by atoms with E-state index in [1.54, 1.807) is 24.3 Å². The fraction of sp³-hybridized carbons (Fsp3) is 0.385. The van der Waals surface area contributed by atoms with Crippen LogP contribution >= 0.6 is 11.8 Å². The molecule has 2 aromatic carbocycles. The third-order valence-electron chi connectivity index (χ3n) is 8.08. The van der Waals surface area contributed by atoms with Gasteiger partial charge in [0, 0.05) is 11.6 Å². The molecule has 5 aliphatic rings. The van der Waals surface area contributed by atoms with Crippen molar-refractivity contribution in [3.8, 4) is 16.9 Å². The number of rotatable bonds is 4. The zero-order chi connectivity index (χ0) is 23.6. The van der Waals surface area contributed by atoms with E-state index in [1.165, 1.54) is 31.4 Å². The lowest BCUT2D eigenvalue weighted by Gasteiger charge is -2.57. The van der Waals surface area contributed by atoms with E-state index in [0.29, 0.717) is 34.4 Å². The highest BCUT2D eigenvalue weighted by Gasteiger charge is 2.52. The number of nitro groups is 1. The van der Waals surface area contributed by atoms with Gasteiger partial charge in [-0.15, -0.1) is 0 Å². The van der Waals surface area contributed by atoms with Gasteiger partial charge in [0.2, 0.25) is 0 Å². The third kappa shape index (κ3) is 3.52. The lowest BCUT2D eigenvalue weighted by atomic mass is 9.48. The first-order chi connectivity index (χ1) is 16.3. The van der Waals surface area contributed by atoms with Crippen molar-refractivity contribution in [2.45, 2.75) is 43.9 Å². The molecular weight excluding hydrogens is 452 g/mol.